The van der Waals surface area contributed by atoms with Gasteiger partial charge in [0.15, 0.2) is 12.0 Å². The molecule has 172 valence electrons. The largest absolute Gasteiger partial charge is 0.497 e. The summed E-state index contributed by atoms with van der Waals surface area (Å²) in [4.78, 5) is 17.5. The minimum Gasteiger partial charge on any atom is -0.497 e. The molecule has 0 fully saturated rings. The summed E-state index contributed by atoms with van der Waals surface area (Å²) in [6.45, 7) is 9.79. The normalized spacial score (nSPS) is 14.9. The van der Waals surface area contributed by atoms with Crippen LogP contribution in [0.2, 0.25) is 0 Å². The van der Waals surface area contributed by atoms with Gasteiger partial charge in [0, 0.05) is 11.1 Å². The van der Waals surface area contributed by atoms with E-state index in [1.54, 1.807) is 21.0 Å². The molecular formula is C25H29N5O3. The van der Waals surface area contributed by atoms with Crippen molar-refractivity contribution in [3.05, 3.63) is 70.8 Å². The topological polar surface area (TPSA) is 90.6 Å². The number of methoxy groups -OCH3 is 1. The maximum atomic E-state index is 12.5. The Balaban J connectivity index is 1.91. The quantitative estimate of drug-likeness (QED) is 0.613. The summed E-state index contributed by atoms with van der Waals surface area (Å²) >= 11 is 0. The van der Waals surface area contributed by atoms with Crippen LogP contribution in [-0.2, 0) is 4.74 Å². The third kappa shape index (κ3) is 4.46. The van der Waals surface area contributed by atoms with Crippen LogP contribution in [0.1, 0.15) is 68.1 Å². The van der Waals surface area contributed by atoms with Crippen molar-refractivity contribution >= 4 is 11.8 Å². The fraction of sp³-hybridized carbons (Fsp3) is 0.360. The van der Waals surface area contributed by atoms with Gasteiger partial charge in [-0.1, -0.05) is 38.1 Å². The number of nitrogens with zero attached hydrogens (tertiary/aromatic N) is 4. The van der Waals surface area contributed by atoms with Gasteiger partial charge in [-0.2, -0.15) is 0 Å². The van der Waals surface area contributed by atoms with Crippen LogP contribution in [0.4, 0.5) is 4.79 Å². The van der Waals surface area contributed by atoms with Gasteiger partial charge >= 0.3 is 6.09 Å². The summed E-state index contributed by atoms with van der Waals surface area (Å²) in [6, 6.07) is 14.1. The maximum absolute atomic E-state index is 12.5. The van der Waals surface area contributed by atoms with E-state index in [-0.39, 0.29) is 6.10 Å². The molecule has 1 unspecified atom stereocenters. The average Bonchev–Trinajstić information content (AvgIpc) is 3.10. The van der Waals surface area contributed by atoms with E-state index in [4.69, 9.17) is 14.5 Å². The molecule has 0 radical (unpaired) electrons. The van der Waals surface area contributed by atoms with E-state index >= 15 is 0 Å². The first-order chi connectivity index (χ1) is 15.8. The highest BCUT2D eigenvalue weighted by Gasteiger charge is 2.30. The van der Waals surface area contributed by atoms with Crippen LogP contribution in [0.15, 0.2) is 47.5 Å². The Morgan fingerprint density at radius 1 is 1.06 bits per heavy atom. The number of fused-ring (bicyclic) bond motifs is 3. The second-order valence-corrected chi connectivity index (χ2v) is 8.58. The fourth-order valence-corrected chi connectivity index (χ4v) is 3.85. The van der Waals surface area contributed by atoms with E-state index in [9.17, 15) is 4.79 Å². The molecule has 1 amide bonds. The summed E-state index contributed by atoms with van der Waals surface area (Å²) in [7, 11) is 1.63. The number of aliphatic imine (C=N–C) groups is 1. The lowest BCUT2D eigenvalue weighted by Crippen LogP contribution is -2.31. The first-order valence-corrected chi connectivity index (χ1v) is 11.0. The number of amides is 1. The molecule has 2 heterocycles. The van der Waals surface area contributed by atoms with Gasteiger partial charge < -0.3 is 9.47 Å². The number of rotatable bonds is 5. The van der Waals surface area contributed by atoms with Crippen molar-refractivity contribution < 1.29 is 14.3 Å². The lowest BCUT2D eigenvalue weighted by molar-refractivity contribution is 0.112. The highest BCUT2D eigenvalue weighted by Crippen LogP contribution is 2.32. The molecule has 1 aliphatic heterocycles. The summed E-state index contributed by atoms with van der Waals surface area (Å²) in [5.41, 5.74) is 4.61. The molecule has 4 rings (SSSR count). The molecule has 1 N–H and O–H groups in total. The molecule has 2 aromatic carbocycles. The van der Waals surface area contributed by atoms with Gasteiger partial charge in [0.25, 0.3) is 0 Å². The number of nitrogens with one attached hydrogen (secondary N) is 1. The van der Waals surface area contributed by atoms with Crippen molar-refractivity contribution in [1.82, 2.24) is 20.1 Å². The standard InChI is InChI=1S/C25H29N5O3/c1-14(2)17-7-9-18(10-8-17)22-20-13-19(32-6)11-12-21(20)30-16(5)28-29-24(30)23(26-22)27-25(31)33-15(3)4/h7-15,23H,1-6H3,(H,27,31). The Kier molecular flexibility index (Phi) is 6.18. The summed E-state index contributed by atoms with van der Waals surface area (Å²) in [5.74, 6) is 2.32. The summed E-state index contributed by atoms with van der Waals surface area (Å²) < 4.78 is 12.7. The zero-order valence-electron chi connectivity index (χ0n) is 19.8. The SMILES string of the molecule is COc1ccc2c(c1)C(c1ccc(C(C)C)cc1)=NC(NC(=O)OC(C)C)c1nnc(C)n1-2. The average molecular weight is 448 g/mol. The Morgan fingerprint density at radius 3 is 2.42 bits per heavy atom. The van der Waals surface area contributed by atoms with E-state index in [0.717, 1.165) is 22.5 Å². The molecule has 1 aromatic heterocycles. The minimum absolute atomic E-state index is 0.260. The number of hydrogen-bond acceptors (Lipinski definition) is 6. The third-order valence-electron chi connectivity index (χ3n) is 5.50. The molecular weight excluding hydrogens is 418 g/mol. The van der Waals surface area contributed by atoms with Crippen LogP contribution in [0.3, 0.4) is 0 Å². The second kappa shape index (κ2) is 9.05. The van der Waals surface area contributed by atoms with Crippen molar-refractivity contribution in [2.24, 2.45) is 4.99 Å². The van der Waals surface area contributed by atoms with Gasteiger partial charge in [-0.25, -0.2) is 4.79 Å². The number of hydrogen-bond donors (Lipinski definition) is 1. The number of carbonyl (C=O) groups excluding carboxylic acids is 1. The lowest BCUT2D eigenvalue weighted by atomic mass is 9.96. The van der Waals surface area contributed by atoms with Crippen molar-refractivity contribution in [2.75, 3.05) is 7.11 Å². The lowest BCUT2D eigenvalue weighted by Gasteiger charge is -2.16. The smallest absolute Gasteiger partial charge is 0.409 e. The number of benzene rings is 2. The molecule has 0 spiro atoms. The Hall–Kier alpha value is -3.68. The summed E-state index contributed by atoms with van der Waals surface area (Å²) in [6.07, 6.45) is -1.61. The summed E-state index contributed by atoms with van der Waals surface area (Å²) in [5, 5.41) is 11.4. The molecule has 33 heavy (non-hydrogen) atoms. The second-order valence-electron chi connectivity index (χ2n) is 8.58. The number of alkyl carbamates (subject to hydrolysis) is 1. The molecule has 0 saturated heterocycles. The van der Waals surface area contributed by atoms with Crippen molar-refractivity contribution in [2.45, 2.75) is 52.8 Å². The van der Waals surface area contributed by atoms with Gasteiger partial charge in [0.05, 0.1) is 24.6 Å². The molecule has 1 atom stereocenters. The van der Waals surface area contributed by atoms with Gasteiger partial charge in [-0.05, 0) is 50.5 Å². The molecule has 0 bridgehead atoms. The van der Waals surface area contributed by atoms with Crippen LogP contribution in [0.5, 0.6) is 5.75 Å². The predicted octanol–water partition coefficient (Wildman–Crippen LogP) is 4.69. The fourth-order valence-electron chi connectivity index (χ4n) is 3.85. The number of aromatic nitrogens is 3. The molecule has 0 saturated carbocycles. The molecule has 1 aliphatic rings. The van der Waals surface area contributed by atoms with Gasteiger partial charge in [0.2, 0.25) is 0 Å². The molecule has 8 heteroatoms. The monoisotopic (exact) mass is 447 g/mol. The highest BCUT2D eigenvalue weighted by atomic mass is 16.6. The van der Waals surface area contributed by atoms with E-state index in [1.807, 2.05) is 29.7 Å². The number of aryl methyl sites for hydroxylation is 1. The van der Waals surface area contributed by atoms with Crippen LogP contribution >= 0.6 is 0 Å². The Morgan fingerprint density at radius 2 is 1.79 bits per heavy atom. The van der Waals surface area contributed by atoms with Crippen LogP contribution in [0.25, 0.3) is 5.69 Å². The number of carbonyl (C=O) groups is 1. The van der Waals surface area contributed by atoms with Crippen LogP contribution in [0, 0.1) is 6.92 Å². The van der Waals surface area contributed by atoms with Gasteiger partial charge in [-0.15, -0.1) is 10.2 Å². The Bertz CT molecular complexity index is 1200. The van der Waals surface area contributed by atoms with Crippen LogP contribution < -0.4 is 10.1 Å². The van der Waals surface area contributed by atoms with E-state index < -0.39 is 12.3 Å². The molecule has 8 nitrogen and oxygen atoms in total. The molecule has 3 aromatic rings. The zero-order chi connectivity index (χ0) is 23.7. The minimum atomic E-state index is -0.782. The first-order valence-electron chi connectivity index (χ1n) is 11.0. The Labute approximate surface area is 193 Å². The van der Waals surface area contributed by atoms with E-state index in [2.05, 4.69) is 53.6 Å². The van der Waals surface area contributed by atoms with E-state index in [0.29, 0.717) is 23.3 Å². The highest BCUT2D eigenvalue weighted by molar-refractivity contribution is 6.15. The maximum Gasteiger partial charge on any atom is 0.409 e. The predicted molar refractivity (Wildman–Crippen MR) is 126 cm³/mol. The van der Waals surface area contributed by atoms with E-state index in [1.165, 1.54) is 5.56 Å². The third-order valence-corrected chi connectivity index (χ3v) is 5.50. The van der Waals surface area contributed by atoms with Crippen molar-refractivity contribution in [3.63, 3.8) is 0 Å². The zero-order valence-corrected chi connectivity index (χ0v) is 19.8. The molecule has 0 aliphatic carbocycles. The van der Waals surface area contributed by atoms with Crippen LogP contribution in [-0.4, -0.2) is 39.8 Å². The van der Waals surface area contributed by atoms with Gasteiger partial charge in [-0.3, -0.25) is 14.9 Å². The van der Waals surface area contributed by atoms with Crippen molar-refractivity contribution in [1.29, 1.82) is 0 Å². The number of ether oxygens (including phenoxy) is 2. The first kappa shape index (κ1) is 22.5. The van der Waals surface area contributed by atoms with Gasteiger partial charge in [0.1, 0.15) is 11.6 Å². The van der Waals surface area contributed by atoms with Crippen molar-refractivity contribution in [3.8, 4) is 11.4 Å².